The second kappa shape index (κ2) is 3.12. The number of ether oxygens (including phenoxy) is 1. The van der Waals surface area contributed by atoms with Crippen LogP contribution in [0.3, 0.4) is 0 Å². The van der Waals surface area contributed by atoms with Gasteiger partial charge in [0.05, 0.1) is 18.5 Å². The average Bonchev–Trinajstić information content (AvgIpc) is 2.05. The van der Waals surface area contributed by atoms with Crippen LogP contribution in [0.5, 0.6) is 5.75 Å². The highest BCUT2D eigenvalue weighted by molar-refractivity contribution is 5.67. The second-order valence-electron chi connectivity index (χ2n) is 2.10. The molecule has 0 aliphatic rings. The van der Waals surface area contributed by atoms with E-state index in [0.717, 1.165) is 5.75 Å². The van der Waals surface area contributed by atoms with E-state index in [0.29, 0.717) is 11.4 Å². The van der Waals surface area contributed by atoms with Crippen molar-refractivity contribution >= 4 is 11.4 Å². The lowest BCUT2D eigenvalue weighted by atomic mass is 10.2. The van der Waals surface area contributed by atoms with Crippen LogP contribution in [0.15, 0.2) is 18.2 Å². The molecule has 0 unspecified atom stereocenters. The van der Waals surface area contributed by atoms with Crippen molar-refractivity contribution in [2.24, 2.45) is 5.84 Å². The topological polar surface area (TPSA) is 73.3 Å². The molecule has 1 aromatic carbocycles. The molecule has 0 heterocycles. The van der Waals surface area contributed by atoms with Crippen molar-refractivity contribution in [3.8, 4) is 5.75 Å². The standard InChI is InChI=1S/C7H11N3O/c1-11-5-2-3-6(8)7(4-5)10-9/h2-4,10H,8-9H2,1H3. The van der Waals surface area contributed by atoms with Crippen LogP contribution in [0.2, 0.25) is 0 Å². The number of rotatable bonds is 2. The van der Waals surface area contributed by atoms with Crippen molar-refractivity contribution in [1.29, 1.82) is 0 Å². The molecule has 0 aliphatic carbocycles. The first kappa shape index (κ1) is 7.68. The van der Waals surface area contributed by atoms with Crippen molar-refractivity contribution in [3.05, 3.63) is 18.2 Å². The summed E-state index contributed by atoms with van der Waals surface area (Å²) in [5.41, 5.74) is 9.30. The van der Waals surface area contributed by atoms with E-state index in [9.17, 15) is 0 Å². The van der Waals surface area contributed by atoms with Crippen LogP contribution in [0.4, 0.5) is 11.4 Å². The van der Waals surface area contributed by atoms with E-state index in [1.54, 1.807) is 25.3 Å². The largest absolute Gasteiger partial charge is 0.497 e. The third-order valence-electron chi connectivity index (χ3n) is 1.42. The molecule has 60 valence electrons. The number of hydrogen-bond acceptors (Lipinski definition) is 4. The van der Waals surface area contributed by atoms with Crippen LogP contribution in [0.25, 0.3) is 0 Å². The van der Waals surface area contributed by atoms with Crippen LogP contribution in [0, 0.1) is 0 Å². The van der Waals surface area contributed by atoms with E-state index in [-0.39, 0.29) is 0 Å². The number of hydrazine groups is 1. The SMILES string of the molecule is COc1ccc(N)c(NN)c1. The molecule has 0 radical (unpaired) electrons. The Bertz CT molecular complexity index is 249. The molecule has 5 N–H and O–H groups in total. The summed E-state index contributed by atoms with van der Waals surface area (Å²) >= 11 is 0. The Morgan fingerprint density at radius 1 is 1.45 bits per heavy atom. The van der Waals surface area contributed by atoms with Gasteiger partial charge in [0.15, 0.2) is 0 Å². The van der Waals surface area contributed by atoms with E-state index in [4.69, 9.17) is 16.3 Å². The first-order valence-corrected chi connectivity index (χ1v) is 3.18. The van der Waals surface area contributed by atoms with Gasteiger partial charge in [-0.3, -0.25) is 5.84 Å². The van der Waals surface area contributed by atoms with Gasteiger partial charge in [-0.1, -0.05) is 0 Å². The van der Waals surface area contributed by atoms with Gasteiger partial charge in [-0.15, -0.1) is 0 Å². The maximum atomic E-state index is 5.56. The van der Waals surface area contributed by atoms with Gasteiger partial charge >= 0.3 is 0 Å². The van der Waals surface area contributed by atoms with Crippen molar-refractivity contribution in [1.82, 2.24) is 0 Å². The summed E-state index contributed by atoms with van der Waals surface area (Å²) in [5.74, 6) is 5.92. The Morgan fingerprint density at radius 3 is 2.73 bits per heavy atom. The fraction of sp³-hybridized carbons (Fsp3) is 0.143. The quantitative estimate of drug-likeness (QED) is 0.330. The average molecular weight is 153 g/mol. The van der Waals surface area contributed by atoms with E-state index in [1.165, 1.54) is 0 Å². The first-order chi connectivity index (χ1) is 5.27. The number of nitrogens with two attached hydrogens (primary N) is 2. The molecule has 1 rings (SSSR count). The van der Waals surface area contributed by atoms with Gasteiger partial charge in [0.1, 0.15) is 5.75 Å². The van der Waals surface area contributed by atoms with Gasteiger partial charge in [0.25, 0.3) is 0 Å². The minimum absolute atomic E-state index is 0.605. The minimum atomic E-state index is 0.605. The predicted octanol–water partition coefficient (Wildman–Crippen LogP) is 0.563. The zero-order valence-corrected chi connectivity index (χ0v) is 6.29. The van der Waals surface area contributed by atoms with Crippen LogP contribution in [0.1, 0.15) is 0 Å². The fourth-order valence-corrected chi connectivity index (χ4v) is 0.787. The summed E-state index contributed by atoms with van der Waals surface area (Å²) in [4.78, 5) is 0. The molecule has 0 amide bonds. The number of nitrogen functional groups attached to an aromatic ring is 2. The molecule has 1 aromatic rings. The maximum Gasteiger partial charge on any atom is 0.121 e. The van der Waals surface area contributed by atoms with Crippen LogP contribution in [-0.4, -0.2) is 7.11 Å². The predicted molar refractivity (Wildman–Crippen MR) is 45.2 cm³/mol. The Kier molecular flexibility index (Phi) is 2.18. The number of benzene rings is 1. The Morgan fingerprint density at radius 2 is 2.18 bits per heavy atom. The molecule has 0 spiro atoms. The lowest BCUT2D eigenvalue weighted by molar-refractivity contribution is 0.415. The van der Waals surface area contributed by atoms with E-state index >= 15 is 0 Å². The van der Waals surface area contributed by atoms with Crippen molar-refractivity contribution in [2.75, 3.05) is 18.3 Å². The summed E-state index contributed by atoms with van der Waals surface area (Å²) in [6, 6.07) is 5.24. The summed E-state index contributed by atoms with van der Waals surface area (Å²) in [7, 11) is 1.59. The van der Waals surface area contributed by atoms with E-state index < -0.39 is 0 Å². The highest BCUT2D eigenvalue weighted by Crippen LogP contribution is 2.22. The second-order valence-corrected chi connectivity index (χ2v) is 2.10. The van der Waals surface area contributed by atoms with Crippen LogP contribution < -0.4 is 21.7 Å². The summed E-state index contributed by atoms with van der Waals surface area (Å²) in [5, 5.41) is 0. The van der Waals surface area contributed by atoms with Gasteiger partial charge in [-0.05, 0) is 12.1 Å². The molecule has 0 bridgehead atoms. The van der Waals surface area contributed by atoms with E-state index in [2.05, 4.69) is 5.43 Å². The molecular weight excluding hydrogens is 142 g/mol. The maximum absolute atomic E-state index is 5.56. The highest BCUT2D eigenvalue weighted by atomic mass is 16.5. The van der Waals surface area contributed by atoms with Crippen molar-refractivity contribution in [3.63, 3.8) is 0 Å². The van der Waals surface area contributed by atoms with Gasteiger partial charge in [-0.25, -0.2) is 0 Å². The Hall–Kier alpha value is -1.42. The summed E-state index contributed by atoms with van der Waals surface area (Å²) < 4.78 is 4.96. The van der Waals surface area contributed by atoms with Crippen LogP contribution in [-0.2, 0) is 0 Å². The molecule has 0 aromatic heterocycles. The first-order valence-electron chi connectivity index (χ1n) is 3.18. The molecule has 11 heavy (non-hydrogen) atoms. The highest BCUT2D eigenvalue weighted by Gasteiger charge is 1.97. The lowest BCUT2D eigenvalue weighted by Gasteiger charge is -2.06. The molecule has 0 saturated carbocycles. The monoisotopic (exact) mass is 153 g/mol. The molecular formula is C7H11N3O. The Labute approximate surface area is 65.1 Å². The number of hydrogen-bond donors (Lipinski definition) is 3. The van der Waals surface area contributed by atoms with E-state index in [1.807, 2.05) is 0 Å². The summed E-state index contributed by atoms with van der Waals surface area (Å²) in [6.45, 7) is 0. The number of anilines is 2. The zero-order valence-electron chi connectivity index (χ0n) is 6.29. The van der Waals surface area contributed by atoms with Crippen molar-refractivity contribution < 1.29 is 4.74 Å². The van der Waals surface area contributed by atoms with Gasteiger partial charge in [-0.2, -0.15) is 0 Å². The lowest BCUT2D eigenvalue weighted by Crippen LogP contribution is -2.08. The van der Waals surface area contributed by atoms with Gasteiger partial charge < -0.3 is 15.9 Å². The zero-order chi connectivity index (χ0) is 8.27. The van der Waals surface area contributed by atoms with Gasteiger partial charge in [0, 0.05) is 6.07 Å². The molecule has 0 atom stereocenters. The number of nitrogens with one attached hydrogen (secondary N) is 1. The minimum Gasteiger partial charge on any atom is -0.497 e. The smallest absolute Gasteiger partial charge is 0.121 e. The molecule has 0 fully saturated rings. The molecule has 0 aliphatic heterocycles. The van der Waals surface area contributed by atoms with Gasteiger partial charge in [0.2, 0.25) is 0 Å². The normalized spacial score (nSPS) is 9.27. The molecule has 0 saturated heterocycles. The third-order valence-corrected chi connectivity index (χ3v) is 1.42. The fourth-order valence-electron chi connectivity index (χ4n) is 0.787. The molecule has 4 heteroatoms. The third kappa shape index (κ3) is 1.53. The molecule has 4 nitrogen and oxygen atoms in total. The van der Waals surface area contributed by atoms with Crippen molar-refractivity contribution in [2.45, 2.75) is 0 Å². The number of methoxy groups -OCH3 is 1. The Balaban J connectivity index is 3.02. The summed E-state index contributed by atoms with van der Waals surface area (Å²) in [6.07, 6.45) is 0. The van der Waals surface area contributed by atoms with Crippen LogP contribution >= 0.6 is 0 Å².